The van der Waals surface area contributed by atoms with Gasteiger partial charge < -0.3 is 54.0 Å². The number of hydrogen-bond acceptors (Lipinski definition) is 6. The van der Waals surface area contributed by atoms with Crippen LogP contribution < -0.4 is 33.9 Å². The maximum Gasteiger partial charge on any atom is 0.241 e. The van der Waals surface area contributed by atoms with Crippen LogP contribution in [0, 0.1) is 0 Å². The van der Waals surface area contributed by atoms with E-state index in [0.717, 1.165) is 38.8 Å². The summed E-state index contributed by atoms with van der Waals surface area (Å²) in [5, 5.41) is 20.3. The zero-order chi connectivity index (χ0) is 21.9. The monoisotopic (exact) mass is 510 g/mol. The van der Waals surface area contributed by atoms with Gasteiger partial charge in [0.25, 0.3) is 0 Å². The van der Waals surface area contributed by atoms with Crippen molar-refractivity contribution in [1.29, 1.82) is 0 Å². The molecule has 0 spiro atoms. The number of H-pyrrole nitrogens is 2. The Morgan fingerprint density at radius 3 is 1.88 bits per heavy atom. The summed E-state index contributed by atoms with van der Waals surface area (Å²) >= 11 is 0. The number of aromatic nitrogens is 4. The molecule has 1 fully saturated rings. The van der Waals surface area contributed by atoms with Crippen LogP contribution in [0.5, 0.6) is 0 Å². The van der Waals surface area contributed by atoms with Crippen molar-refractivity contribution in [2.45, 2.75) is 69.5 Å². The highest BCUT2D eigenvalue weighted by Gasteiger charge is 2.46. The maximum atomic E-state index is 10.7. The molecule has 0 aliphatic carbocycles. The molecule has 0 saturated carbocycles. The Kier molecular flexibility index (Phi) is 14.8. The second-order valence-corrected chi connectivity index (χ2v) is 7.74. The molecule has 0 bridgehead atoms. The van der Waals surface area contributed by atoms with Crippen LogP contribution in [0.3, 0.4) is 0 Å². The number of nitrogens with zero attached hydrogens (tertiary/aromatic N) is 2. The van der Waals surface area contributed by atoms with E-state index in [1.807, 2.05) is 37.4 Å². The number of nitrogens with one attached hydrogen (secondary N) is 2. The molecule has 1 aliphatic heterocycles. The van der Waals surface area contributed by atoms with Gasteiger partial charge in [-0.1, -0.05) is 0 Å². The van der Waals surface area contributed by atoms with E-state index in [1.54, 1.807) is 0 Å². The predicted molar refractivity (Wildman–Crippen MR) is 109 cm³/mol. The van der Waals surface area contributed by atoms with Gasteiger partial charge in [0.05, 0.1) is 19.7 Å². The molecule has 1 aliphatic rings. The Labute approximate surface area is 207 Å². The van der Waals surface area contributed by atoms with E-state index < -0.39 is 30.7 Å². The number of aliphatic hydroxyl groups excluding tert-OH is 2. The van der Waals surface area contributed by atoms with Gasteiger partial charge in [-0.2, -0.15) is 0 Å². The summed E-state index contributed by atoms with van der Waals surface area (Å²) in [6.45, 7) is 2.45. The number of aromatic amines is 2. The Morgan fingerprint density at radius 2 is 1.42 bits per heavy atom. The molecule has 33 heavy (non-hydrogen) atoms. The average Bonchev–Trinajstić information content (AvgIpc) is 3.49. The number of aryl methyl sites for hydroxylation is 2. The molecule has 0 amide bonds. The van der Waals surface area contributed by atoms with Gasteiger partial charge in [0.1, 0.15) is 49.2 Å². The van der Waals surface area contributed by atoms with Crippen molar-refractivity contribution in [3.05, 3.63) is 37.4 Å². The summed E-state index contributed by atoms with van der Waals surface area (Å²) < 4.78 is 27.4. The zero-order valence-electron chi connectivity index (χ0n) is 18.9. The first kappa shape index (κ1) is 29.8. The fraction of sp³-hybridized carbons (Fsp3) is 0.714. The molecular formula is C21H36Cl2N4O6. The van der Waals surface area contributed by atoms with Crippen molar-refractivity contribution in [2.75, 3.05) is 26.9 Å². The fourth-order valence-corrected chi connectivity index (χ4v) is 3.75. The van der Waals surface area contributed by atoms with Crippen molar-refractivity contribution in [3.63, 3.8) is 0 Å². The van der Waals surface area contributed by atoms with Crippen LogP contribution >= 0.6 is 0 Å². The lowest BCUT2D eigenvalue weighted by molar-refractivity contribution is -0.696. The Bertz CT molecular complexity index is 710. The number of methoxy groups -OCH3 is 1. The molecule has 2 aromatic rings. The SMILES string of the molecule is CO[C@H]1O[C@H](CO)[C@@H](O)[C@H](OCCCC[n+]2cc[nH]c2)[C@H]1OCCCC[n+]1cc[nH]c1.[Cl-].[Cl-]. The molecule has 1 saturated heterocycles. The topological polar surface area (TPSA) is 117 Å². The largest absolute Gasteiger partial charge is 1.00 e. The number of unbranched alkanes of at least 4 members (excludes halogenated alkanes) is 2. The van der Waals surface area contributed by atoms with E-state index in [-0.39, 0.29) is 31.4 Å². The minimum Gasteiger partial charge on any atom is -1.00 e. The number of imidazole rings is 2. The van der Waals surface area contributed by atoms with Gasteiger partial charge in [-0.3, -0.25) is 9.97 Å². The standard InChI is InChI=1S/C21H34N4O6.2ClH/c1-28-21-20(30-13-5-3-9-25-11-7-23-16-25)19(18(27)17(14-26)31-21)29-12-4-2-8-24-10-6-22-15-24;;/h6-7,10-11,15-21,26-27H,2-5,8-9,12-14H2,1H3;2*1H/t17-,18-,19+,20-,21+;;/m1../s1. The molecule has 5 atom stereocenters. The molecule has 2 aromatic heterocycles. The predicted octanol–water partition coefficient (Wildman–Crippen LogP) is -6.32. The lowest BCUT2D eigenvalue weighted by atomic mass is 9.98. The second-order valence-electron chi connectivity index (χ2n) is 7.74. The first-order valence-corrected chi connectivity index (χ1v) is 11.0. The summed E-state index contributed by atoms with van der Waals surface area (Å²) in [6, 6.07) is 0. The smallest absolute Gasteiger partial charge is 0.241 e. The van der Waals surface area contributed by atoms with Crippen LogP contribution in [0.4, 0.5) is 0 Å². The normalized spacial score (nSPS) is 24.8. The van der Waals surface area contributed by atoms with Gasteiger partial charge in [0.15, 0.2) is 6.29 Å². The summed E-state index contributed by atoms with van der Waals surface area (Å²) in [6.07, 6.45) is 11.5. The first-order chi connectivity index (χ1) is 15.2. The van der Waals surface area contributed by atoms with Crippen molar-refractivity contribution >= 4 is 0 Å². The average molecular weight is 511 g/mol. The van der Waals surface area contributed by atoms with Gasteiger partial charge in [0.2, 0.25) is 12.7 Å². The third-order valence-corrected chi connectivity index (χ3v) is 5.48. The fourth-order valence-electron chi connectivity index (χ4n) is 3.75. The third kappa shape index (κ3) is 9.14. The number of rotatable bonds is 14. The Balaban J connectivity index is 0.00000272. The summed E-state index contributed by atoms with van der Waals surface area (Å²) in [5.74, 6) is 0. The molecule has 4 N–H and O–H groups in total. The number of ether oxygens (including phenoxy) is 4. The van der Waals surface area contributed by atoms with Gasteiger partial charge in [-0.25, -0.2) is 9.13 Å². The van der Waals surface area contributed by atoms with Crippen molar-refractivity contribution in [1.82, 2.24) is 9.97 Å². The quantitative estimate of drug-likeness (QED) is 0.148. The number of aliphatic hydroxyl groups is 2. The van der Waals surface area contributed by atoms with E-state index in [4.69, 9.17) is 18.9 Å². The van der Waals surface area contributed by atoms with E-state index >= 15 is 0 Å². The zero-order valence-corrected chi connectivity index (χ0v) is 20.4. The summed E-state index contributed by atoms with van der Waals surface area (Å²) in [7, 11) is 1.53. The van der Waals surface area contributed by atoms with Gasteiger partial charge in [-0.05, 0) is 25.7 Å². The molecular weight excluding hydrogens is 475 g/mol. The first-order valence-electron chi connectivity index (χ1n) is 11.0. The summed E-state index contributed by atoms with van der Waals surface area (Å²) in [4.78, 5) is 6.04. The molecule has 0 unspecified atom stereocenters. The van der Waals surface area contributed by atoms with Crippen LogP contribution in [0.25, 0.3) is 0 Å². The van der Waals surface area contributed by atoms with Crippen molar-refractivity contribution in [3.8, 4) is 0 Å². The molecule has 10 nitrogen and oxygen atoms in total. The Morgan fingerprint density at radius 1 is 0.879 bits per heavy atom. The van der Waals surface area contributed by atoms with Crippen LogP contribution in [-0.2, 0) is 32.0 Å². The van der Waals surface area contributed by atoms with E-state index in [0.29, 0.717) is 13.2 Å². The highest BCUT2D eigenvalue weighted by atomic mass is 35.5. The van der Waals surface area contributed by atoms with Crippen LogP contribution in [0.2, 0.25) is 0 Å². The molecule has 0 aromatic carbocycles. The van der Waals surface area contributed by atoms with Crippen LogP contribution in [-0.4, -0.2) is 77.8 Å². The van der Waals surface area contributed by atoms with Crippen molar-refractivity contribution in [2.24, 2.45) is 0 Å². The molecule has 12 heteroatoms. The summed E-state index contributed by atoms with van der Waals surface area (Å²) in [5.41, 5.74) is 0. The highest BCUT2D eigenvalue weighted by molar-refractivity contribution is 4.91. The highest BCUT2D eigenvalue weighted by Crippen LogP contribution is 2.27. The third-order valence-electron chi connectivity index (χ3n) is 5.48. The number of halogens is 2. The number of hydrogen-bond donors (Lipinski definition) is 4. The van der Waals surface area contributed by atoms with E-state index in [9.17, 15) is 10.2 Å². The van der Waals surface area contributed by atoms with E-state index in [1.165, 1.54) is 7.11 Å². The minimum absolute atomic E-state index is 0. The molecule has 190 valence electrons. The maximum absolute atomic E-state index is 10.7. The van der Waals surface area contributed by atoms with Crippen LogP contribution in [0.15, 0.2) is 37.4 Å². The molecule has 0 radical (unpaired) electrons. The van der Waals surface area contributed by atoms with Gasteiger partial charge in [0, 0.05) is 20.3 Å². The van der Waals surface area contributed by atoms with Crippen molar-refractivity contribution < 1.29 is 63.1 Å². The lowest BCUT2D eigenvalue weighted by Gasteiger charge is -2.43. The van der Waals surface area contributed by atoms with Crippen LogP contribution in [0.1, 0.15) is 25.7 Å². The lowest BCUT2D eigenvalue weighted by Crippen LogP contribution is -3.00. The second kappa shape index (κ2) is 16.4. The van der Waals surface area contributed by atoms with E-state index in [2.05, 4.69) is 19.1 Å². The Hall–Kier alpha value is -1.24. The van der Waals surface area contributed by atoms with Gasteiger partial charge >= 0.3 is 0 Å². The molecule has 3 heterocycles. The molecule has 3 rings (SSSR count). The minimum atomic E-state index is -0.990. The van der Waals surface area contributed by atoms with Gasteiger partial charge in [-0.15, -0.1) is 0 Å².